The fraction of sp³-hybridized carbons (Fsp3) is 0.800. The Morgan fingerprint density at radius 2 is 2.40 bits per heavy atom. The van der Waals surface area contributed by atoms with Gasteiger partial charge >= 0.3 is 0 Å². The summed E-state index contributed by atoms with van der Waals surface area (Å²) in [7, 11) is 0. The van der Waals surface area contributed by atoms with Gasteiger partial charge in [0.05, 0.1) is 16.1 Å². The minimum Gasteiger partial charge on any atom is -0.161 e. The maximum atomic E-state index is 3.81. The van der Waals surface area contributed by atoms with Crippen LogP contribution in [0, 0.1) is 0 Å². The summed E-state index contributed by atoms with van der Waals surface area (Å²) < 4.78 is 1.53. The highest BCUT2D eigenvalue weighted by Gasteiger charge is 2.00. The lowest BCUT2D eigenvalue weighted by atomic mass is 10.2. The van der Waals surface area contributed by atoms with E-state index in [9.17, 15) is 0 Å². The lowest BCUT2D eigenvalue weighted by molar-refractivity contribution is 0.747. The summed E-state index contributed by atoms with van der Waals surface area (Å²) in [4.78, 5) is 0. The summed E-state index contributed by atoms with van der Waals surface area (Å²) in [6, 6.07) is 0. The van der Waals surface area contributed by atoms with E-state index in [0.29, 0.717) is 0 Å². The van der Waals surface area contributed by atoms with Crippen LogP contribution in [0.15, 0.2) is 0 Å². The fourth-order valence-electron chi connectivity index (χ4n) is 0.672. The molecule has 4 nitrogen and oxygen atoms in total. The van der Waals surface area contributed by atoms with Gasteiger partial charge in [-0.3, -0.25) is 0 Å². The first-order valence-corrected chi connectivity index (χ1v) is 3.99. The molecule has 1 heterocycles. The lowest BCUT2D eigenvalue weighted by Gasteiger charge is -1.92. The predicted molar refractivity (Wildman–Crippen MR) is 40.8 cm³/mol. The van der Waals surface area contributed by atoms with Gasteiger partial charge in [-0.15, -0.1) is 5.10 Å². The third-order valence-corrected chi connectivity index (χ3v) is 1.80. The zero-order valence-corrected chi connectivity index (χ0v) is 7.37. The van der Waals surface area contributed by atoms with Crippen molar-refractivity contribution >= 4 is 16.1 Å². The van der Waals surface area contributed by atoms with Crippen LogP contribution in [-0.2, 0) is 6.42 Å². The lowest BCUT2D eigenvalue weighted by Crippen LogP contribution is -1.93. The van der Waals surface area contributed by atoms with Crippen LogP contribution >= 0.6 is 16.1 Å². The Morgan fingerprint density at radius 3 is 2.90 bits per heavy atom. The van der Waals surface area contributed by atoms with Gasteiger partial charge in [-0.1, -0.05) is 13.3 Å². The van der Waals surface area contributed by atoms with Gasteiger partial charge in [-0.25, -0.2) is 0 Å². The van der Waals surface area contributed by atoms with Crippen molar-refractivity contribution in [3.63, 3.8) is 0 Å². The number of hydrogen-bond donors (Lipinski definition) is 0. The van der Waals surface area contributed by atoms with E-state index in [2.05, 4.69) is 38.6 Å². The fourth-order valence-corrected chi connectivity index (χ4v) is 0.984. The number of aryl methyl sites for hydroxylation is 1. The smallest absolute Gasteiger partial charge is 0.161 e. The molecule has 10 heavy (non-hydrogen) atoms. The number of hydrogen-bond acceptors (Lipinski definition) is 3. The summed E-state index contributed by atoms with van der Waals surface area (Å²) in [5.41, 5.74) is 0. The number of nitrogens with zero attached hydrogens (tertiary/aromatic N) is 4. The molecule has 5 heteroatoms. The van der Waals surface area contributed by atoms with Crippen LogP contribution in [0.25, 0.3) is 0 Å². The molecule has 0 atom stereocenters. The standard InChI is InChI=1S/C5H9BrN4/c1-2-3-4-5-7-8-9-10(5)6/h2-4H2,1H3. The van der Waals surface area contributed by atoms with E-state index in [1.165, 1.54) is 10.1 Å². The number of halogens is 1. The van der Waals surface area contributed by atoms with Crippen molar-refractivity contribution in [2.45, 2.75) is 26.2 Å². The van der Waals surface area contributed by atoms with E-state index in [-0.39, 0.29) is 0 Å². The van der Waals surface area contributed by atoms with Crippen molar-refractivity contribution in [1.29, 1.82) is 0 Å². The van der Waals surface area contributed by atoms with Crippen molar-refractivity contribution < 1.29 is 0 Å². The molecule has 0 fully saturated rings. The molecule has 1 aromatic heterocycles. The second-order valence-corrected chi connectivity index (χ2v) is 2.73. The molecule has 1 aromatic rings. The highest BCUT2D eigenvalue weighted by Crippen LogP contribution is 2.01. The van der Waals surface area contributed by atoms with Gasteiger partial charge < -0.3 is 0 Å². The Morgan fingerprint density at radius 1 is 1.60 bits per heavy atom. The predicted octanol–water partition coefficient (Wildman–Crippen LogP) is 1.17. The summed E-state index contributed by atoms with van der Waals surface area (Å²) >= 11 is 3.18. The summed E-state index contributed by atoms with van der Waals surface area (Å²) in [5, 5.41) is 10.9. The Balaban J connectivity index is 2.49. The van der Waals surface area contributed by atoms with Crippen molar-refractivity contribution in [2.75, 3.05) is 0 Å². The van der Waals surface area contributed by atoms with Crippen molar-refractivity contribution in [3.8, 4) is 0 Å². The van der Waals surface area contributed by atoms with E-state index >= 15 is 0 Å². The first kappa shape index (κ1) is 7.65. The van der Waals surface area contributed by atoms with Crippen LogP contribution in [-0.4, -0.2) is 19.2 Å². The molecule has 0 aliphatic rings. The number of aromatic nitrogens is 4. The van der Waals surface area contributed by atoms with Crippen molar-refractivity contribution in [2.24, 2.45) is 0 Å². The molecule has 0 amide bonds. The van der Waals surface area contributed by atoms with Gasteiger partial charge in [0.25, 0.3) is 0 Å². The maximum absolute atomic E-state index is 3.81. The normalized spacial score (nSPS) is 10.2. The minimum atomic E-state index is 0.891. The van der Waals surface area contributed by atoms with E-state index in [0.717, 1.165) is 18.7 Å². The van der Waals surface area contributed by atoms with E-state index in [1.54, 1.807) is 0 Å². The molecule has 0 N–H and O–H groups in total. The molecule has 0 unspecified atom stereocenters. The highest BCUT2D eigenvalue weighted by atomic mass is 79.9. The molecule has 0 saturated carbocycles. The Hall–Kier alpha value is -0.450. The van der Waals surface area contributed by atoms with Gasteiger partial charge in [0.2, 0.25) is 0 Å². The average Bonchev–Trinajstić information content (AvgIpc) is 2.31. The largest absolute Gasteiger partial charge is 0.163 e. The summed E-state index contributed by atoms with van der Waals surface area (Å²) in [5.74, 6) is 0.891. The molecule has 0 aromatic carbocycles. The van der Waals surface area contributed by atoms with Gasteiger partial charge in [0.15, 0.2) is 5.82 Å². The van der Waals surface area contributed by atoms with Gasteiger partial charge in [-0.05, 0) is 16.8 Å². The van der Waals surface area contributed by atoms with Crippen LogP contribution in [0.2, 0.25) is 0 Å². The Bertz CT molecular complexity index is 197. The summed E-state index contributed by atoms with van der Waals surface area (Å²) in [6.07, 6.45) is 3.24. The van der Waals surface area contributed by atoms with Crippen LogP contribution in [0.1, 0.15) is 25.6 Å². The number of tetrazole rings is 1. The SMILES string of the molecule is CCCCc1nnnn1Br. The zero-order valence-electron chi connectivity index (χ0n) is 5.79. The molecule has 0 bridgehead atoms. The molecular weight excluding hydrogens is 196 g/mol. The first-order chi connectivity index (χ1) is 4.84. The van der Waals surface area contributed by atoms with Crippen LogP contribution < -0.4 is 0 Å². The van der Waals surface area contributed by atoms with Gasteiger partial charge in [0, 0.05) is 6.42 Å². The number of rotatable bonds is 3. The molecule has 0 radical (unpaired) electrons. The molecule has 0 aliphatic carbocycles. The summed E-state index contributed by atoms with van der Waals surface area (Å²) in [6.45, 7) is 2.14. The Kier molecular flexibility index (Phi) is 2.80. The quantitative estimate of drug-likeness (QED) is 0.743. The van der Waals surface area contributed by atoms with Crippen LogP contribution in [0.3, 0.4) is 0 Å². The second-order valence-electron chi connectivity index (χ2n) is 2.06. The van der Waals surface area contributed by atoms with Gasteiger partial charge in [-0.2, -0.15) is 3.71 Å². The topological polar surface area (TPSA) is 43.6 Å². The molecule has 1 rings (SSSR count). The average molecular weight is 205 g/mol. The first-order valence-electron chi connectivity index (χ1n) is 3.28. The minimum absolute atomic E-state index is 0.891. The monoisotopic (exact) mass is 204 g/mol. The molecule has 56 valence electrons. The van der Waals surface area contributed by atoms with Crippen molar-refractivity contribution in [1.82, 2.24) is 19.2 Å². The Labute approximate surface area is 68.0 Å². The van der Waals surface area contributed by atoms with Gasteiger partial charge in [0.1, 0.15) is 0 Å². The second kappa shape index (κ2) is 3.65. The third kappa shape index (κ3) is 1.76. The zero-order chi connectivity index (χ0) is 7.40. The van der Waals surface area contributed by atoms with Crippen LogP contribution in [0.4, 0.5) is 0 Å². The number of unbranched alkanes of at least 4 members (excludes halogenated alkanes) is 1. The molecule has 0 saturated heterocycles. The highest BCUT2D eigenvalue weighted by molar-refractivity contribution is 9.08. The van der Waals surface area contributed by atoms with Crippen molar-refractivity contribution in [3.05, 3.63) is 5.82 Å². The maximum Gasteiger partial charge on any atom is 0.163 e. The molecular formula is C5H9BrN4. The van der Waals surface area contributed by atoms with E-state index in [1.807, 2.05) is 0 Å². The third-order valence-electron chi connectivity index (χ3n) is 1.25. The molecule has 0 aliphatic heterocycles. The van der Waals surface area contributed by atoms with E-state index in [4.69, 9.17) is 0 Å². The van der Waals surface area contributed by atoms with E-state index < -0.39 is 0 Å². The molecule has 0 spiro atoms. The van der Waals surface area contributed by atoms with Crippen LogP contribution in [0.5, 0.6) is 0 Å².